The van der Waals surface area contributed by atoms with E-state index < -0.39 is 0 Å². The van der Waals surface area contributed by atoms with Crippen LogP contribution < -0.4 is 0 Å². The molecule has 0 radical (unpaired) electrons. The van der Waals surface area contributed by atoms with Crippen LogP contribution in [0.3, 0.4) is 0 Å². The average Bonchev–Trinajstić information content (AvgIpc) is 2.35. The minimum Gasteiger partial charge on any atom is -0.0724 e. The third-order valence-corrected chi connectivity index (χ3v) is 4.67. The Morgan fingerprint density at radius 1 is 0.929 bits per heavy atom. The van der Waals surface area contributed by atoms with Crippen molar-refractivity contribution < 1.29 is 0 Å². The van der Waals surface area contributed by atoms with Crippen molar-refractivity contribution in [2.24, 2.45) is 16.7 Å². The Bertz CT molecular complexity index is 180. The van der Waals surface area contributed by atoms with E-state index in [0.29, 0.717) is 10.8 Å². The zero-order chi connectivity index (χ0) is 11.0. The number of hydrogen-bond donors (Lipinski definition) is 0. The van der Waals surface area contributed by atoms with Gasteiger partial charge < -0.3 is 0 Å². The molecular weight excluding hydrogens is 184 g/mol. The summed E-state index contributed by atoms with van der Waals surface area (Å²) in [5.41, 5.74) is 1.37. The monoisotopic (exact) mass is 212 g/mol. The topological polar surface area (TPSA) is 0 Å². The fraction of sp³-hybridized carbons (Fsp3) is 1.00. The predicted molar refractivity (Wildman–Crippen MR) is 68.6 cm³/mol. The van der Waals surface area contributed by atoms with Crippen LogP contribution in [-0.4, -0.2) is 8.80 Å². The van der Waals surface area contributed by atoms with E-state index in [1.165, 1.54) is 25.7 Å². The maximum atomic E-state index is 2.49. The summed E-state index contributed by atoms with van der Waals surface area (Å²) in [6.45, 7) is 14.3. The summed E-state index contributed by atoms with van der Waals surface area (Å²) in [5, 5.41) is 0. The molecule has 0 aromatic heterocycles. The minimum atomic E-state index is -0.139. The van der Waals surface area contributed by atoms with E-state index in [1.54, 1.807) is 0 Å². The van der Waals surface area contributed by atoms with Gasteiger partial charge in [0.1, 0.15) is 0 Å². The van der Waals surface area contributed by atoms with Crippen LogP contribution >= 0.6 is 0 Å². The number of fused-ring (bicyclic) bond motifs is 2. The predicted octanol–water partition coefficient (Wildman–Crippen LogP) is 4.33. The lowest BCUT2D eigenvalue weighted by Gasteiger charge is -2.34. The van der Waals surface area contributed by atoms with Crippen molar-refractivity contribution in [3.05, 3.63) is 0 Å². The van der Waals surface area contributed by atoms with Gasteiger partial charge in [-0.25, -0.2) is 0 Å². The largest absolute Gasteiger partial charge is 0.0724 e. The van der Waals surface area contributed by atoms with E-state index in [0.717, 1.165) is 5.92 Å². The van der Waals surface area contributed by atoms with Gasteiger partial charge in [-0.2, -0.15) is 0 Å². The second kappa shape index (κ2) is 4.00. The first-order valence-corrected chi connectivity index (χ1v) is 9.76. The van der Waals surface area contributed by atoms with Gasteiger partial charge in [0.25, 0.3) is 0 Å². The van der Waals surface area contributed by atoms with Crippen molar-refractivity contribution in [3.8, 4) is 0 Å². The summed E-state index contributed by atoms with van der Waals surface area (Å²) < 4.78 is 0. The molecule has 2 aliphatic rings. The fourth-order valence-electron chi connectivity index (χ4n) is 3.11. The van der Waals surface area contributed by atoms with Crippen LogP contribution in [0.1, 0.15) is 46.5 Å². The van der Waals surface area contributed by atoms with Gasteiger partial charge >= 0.3 is 0 Å². The van der Waals surface area contributed by atoms with E-state index in [2.05, 4.69) is 40.4 Å². The maximum Gasteiger partial charge on any atom is 0.0274 e. The van der Waals surface area contributed by atoms with Crippen molar-refractivity contribution in [2.45, 2.75) is 66.1 Å². The highest BCUT2D eigenvalue weighted by atomic mass is 28.3. The molecule has 0 aromatic carbocycles. The van der Waals surface area contributed by atoms with Crippen molar-refractivity contribution in [3.63, 3.8) is 0 Å². The minimum absolute atomic E-state index is 0.139. The Balaban J connectivity index is 0.000000213. The lowest BCUT2D eigenvalue weighted by atomic mass is 9.71. The highest BCUT2D eigenvalue weighted by Gasteiger charge is 2.55. The summed E-state index contributed by atoms with van der Waals surface area (Å²) in [6.07, 6.45) is 5.99. The first-order chi connectivity index (χ1) is 6.29. The molecule has 0 N–H and O–H groups in total. The maximum absolute atomic E-state index is 2.49. The van der Waals surface area contributed by atoms with Gasteiger partial charge in [-0.3, -0.25) is 0 Å². The molecule has 2 fully saturated rings. The smallest absolute Gasteiger partial charge is 0.0274 e. The average molecular weight is 212 g/mol. The SMILES string of the molecule is CC12CCC(CC1)C2(C)C.C[SiH](C)C. The molecule has 14 heavy (non-hydrogen) atoms. The Hall–Kier alpha value is 0.217. The quantitative estimate of drug-likeness (QED) is 0.524. The fourth-order valence-corrected chi connectivity index (χ4v) is 3.11. The highest BCUT2D eigenvalue weighted by Crippen LogP contribution is 2.65. The molecule has 84 valence electrons. The van der Waals surface area contributed by atoms with E-state index in [9.17, 15) is 0 Å². The summed E-state index contributed by atoms with van der Waals surface area (Å²) in [7, 11) is -0.139. The lowest BCUT2D eigenvalue weighted by molar-refractivity contribution is 0.152. The molecule has 0 heterocycles. The number of rotatable bonds is 0. The Labute approximate surface area is 92.1 Å². The second-order valence-electron chi connectivity index (χ2n) is 6.79. The molecule has 0 atom stereocenters. The molecule has 0 spiro atoms. The van der Waals surface area contributed by atoms with E-state index in [-0.39, 0.29) is 8.80 Å². The van der Waals surface area contributed by atoms with Gasteiger partial charge in [-0.15, -0.1) is 0 Å². The standard InChI is InChI=1S/C10H18.C3H10Si/c1-9(2)8-4-6-10(9,3)7-5-8;1-4(2)3/h8H,4-7H2,1-3H3;4H,1-3H3. The van der Waals surface area contributed by atoms with E-state index >= 15 is 0 Å². The zero-order valence-corrected chi connectivity index (χ0v) is 12.1. The van der Waals surface area contributed by atoms with Crippen LogP contribution in [0, 0.1) is 16.7 Å². The molecule has 0 unspecified atom stereocenters. The van der Waals surface area contributed by atoms with Crippen LogP contribution in [0.5, 0.6) is 0 Å². The molecular formula is C13H28Si. The van der Waals surface area contributed by atoms with Crippen molar-refractivity contribution in [1.29, 1.82) is 0 Å². The van der Waals surface area contributed by atoms with E-state index in [1.807, 2.05) is 0 Å². The van der Waals surface area contributed by atoms with Crippen LogP contribution in [0.4, 0.5) is 0 Å². The van der Waals surface area contributed by atoms with Crippen LogP contribution in [0.15, 0.2) is 0 Å². The van der Waals surface area contributed by atoms with Gasteiger partial charge in [-0.1, -0.05) is 40.4 Å². The molecule has 1 heteroatoms. The number of hydrogen-bond acceptors (Lipinski definition) is 0. The van der Waals surface area contributed by atoms with Crippen LogP contribution in [0.25, 0.3) is 0 Å². The van der Waals surface area contributed by atoms with Gasteiger partial charge in [0, 0.05) is 8.80 Å². The van der Waals surface area contributed by atoms with Crippen LogP contribution in [0.2, 0.25) is 19.6 Å². The molecule has 0 saturated heterocycles. The summed E-state index contributed by atoms with van der Waals surface area (Å²) in [4.78, 5) is 0. The third-order valence-electron chi connectivity index (χ3n) is 4.67. The second-order valence-corrected chi connectivity index (χ2v) is 10.3. The normalized spacial score (nSPS) is 38.4. The molecule has 0 amide bonds. The van der Waals surface area contributed by atoms with Crippen molar-refractivity contribution in [1.82, 2.24) is 0 Å². The lowest BCUT2D eigenvalue weighted by Crippen LogP contribution is -2.26. The van der Waals surface area contributed by atoms with Gasteiger partial charge in [0.2, 0.25) is 0 Å². The molecule has 0 aromatic rings. The Morgan fingerprint density at radius 3 is 1.36 bits per heavy atom. The zero-order valence-electron chi connectivity index (χ0n) is 11.0. The van der Waals surface area contributed by atoms with Gasteiger partial charge in [0.15, 0.2) is 0 Å². The Kier molecular flexibility index (Phi) is 3.51. The molecule has 2 rings (SSSR count). The Morgan fingerprint density at radius 2 is 1.29 bits per heavy atom. The summed E-state index contributed by atoms with van der Waals surface area (Å²) in [5.74, 6) is 1.05. The summed E-state index contributed by atoms with van der Waals surface area (Å²) in [6, 6.07) is 0. The first-order valence-electron chi connectivity index (χ1n) is 6.29. The molecule has 2 bridgehead atoms. The third kappa shape index (κ3) is 2.08. The molecule has 2 saturated carbocycles. The summed E-state index contributed by atoms with van der Waals surface area (Å²) >= 11 is 0. The highest BCUT2D eigenvalue weighted by molar-refractivity contribution is 6.54. The van der Waals surface area contributed by atoms with E-state index in [4.69, 9.17) is 0 Å². The molecule has 0 nitrogen and oxygen atoms in total. The molecule has 0 aliphatic heterocycles. The van der Waals surface area contributed by atoms with Gasteiger partial charge in [0.05, 0.1) is 0 Å². The molecule has 2 aliphatic carbocycles. The first kappa shape index (κ1) is 12.3. The van der Waals surface area contributed by atoms with Gasteiger partial charge in [-0.05, 0) is 42.4 Å². The van der Waals surface area contributed by atoms with Crippen molar-refractivity contribution >= 4 is 8.80 Å². The van der Waals surface area contributed by atoms with Crippen LogP contribution in [-0.2, 0) is 0 Å². The van der Waals surface area contributed by atoms with Crippen molar-refractivity contribution in [2.75, 3.05) is 0 Å².